The molecule has 0 aromatic rings. The normalized spacial score (nSPS) is 43.5. The van der Waals surface area contributed by atoms with Crippen LogP contribution in [0.1, 0.15) is 38.5 Å². The topological polar surface area (TPSA) is 9.23 Å². The van der Waals surface area contributed by atoms with E-state index < -0.39 is 0 Å². The number of unbranched alkanes of at least 4 members (excludes halogenated alkanes) is 1. The summed E-state index contributed by atoms with van der Waals surface area (Å²) in [5, 5.41) is 0. The van der Waals surface area contributed by atoms with Gasteiger partial charge >= 0.3 is 0 Å². The second-order valence-electron chi connectivity index (χ2n) is 4.63. The lowest BCUT2D eigenvalue weighted by Crippen LogP contribution is -2.62. The van der Waals surface area contributed by atoms with Crippen LogP contribution in [0.2, 0.25) is 0 Å². The average Bonchev–Trinajstić information content (AvgIpc) is 1.92. The van der Waals surface area contributed by atoms with E-state index in [2.05, 4.69) is 22.6 Å². The second-order valence-corrected chi connectivity index (χ2v) is 6.92. The van der Waals surface area contributed by atoms with Crippen molar-refractivity contribution in [1.82, 2.24) is 0 Å². The molecule has 12 heavy (non-hydrogen) atoms. The molecule has 0 saturated heterocycles. The van der Waals surface area contributed by atoms with Crippen LogP contribution in [-0.4, -0.2) is 17.1 Å². The Kier molecular flexibility index (Phi) is 2.41. The number of halogens is 1. The lowest BCUT2D eigenvalue weighted by Gasteiger charge is -2.68. The maximum atomic E-state index is 5.04. The summed E-state index contributed by atoms with van der Waals surface area (Å²) in [5.41, 5.74) is 0.814. The van der Waals surface area contributed by atoms with Gasteiger partial charge in [0.1, 0.15) is 0 Å². The molecule has 2 heteroatoms. The zero-order valence-electron chi connectivity index (χ0n) is 7.74. The van der Waals surface area contributed by atoms with E-state index in [1.165, 1.54) is 38.5 Å². The van der Waals surface area contributed by atoms with Crippen LogP contribution in [0.3, 0.4) is 0 Å². The molecular formula is C10H17IO. The molecule has 0 radical (unpaired) electrons. The molecular weight excluding hydrogens is 263 g/mol. The molecule has 3 aliphatic carbocycles. The highest BCUT2D eigenvalue weighted by Gasteiger charge is 2.65. The zero-order chi connectivity index (χ0) is 8.66. The Hall–Kier alpha value is 0.690. The van der Waals surface area contributed by atoms with Gasteiger partial charge in [-0.3, -0.25) is 0 Å². The monoisotopic (exact) mass is 280 g/mol. The van der Waals surface area contributed by atoms with E-state index >= 15 is 0 Å². The SMILES string of the molecule is COCCCCC12CC(I)(C1)C2. The third-order valence-electron chi connectivity index (χ3n) is 3.38. The lowest BCUT2D eigenvalue weighted by atomic mass is 9.43. The Bertz CT molecular complexity index is 159. The summed E-state index contributed by atoms with van der Waals surface area (Å²) in [5.74, 6) is 0. The Labute approximate surface area is 88.4 Å². The molecule has 3 aliphatic rings. The van der Waals surface area contributed by atoms with Crippen molar-refractivity contribution in [1.29, 1.82) is 0 Å². The van der Waals surface area contributed by atoms with Crippen LogP contribution in [0.4, 0.5) is 0 Å². The Balaban J connectivity index is 1.58. The van der Waals surface area contributed by atoms with Crippen molar-refractivity contribution in [3.05, 3.63) is 0 Å². The van der Waals surface area contributed by atoms with Crippen LogP contribution in [0.15, 0.2) is 0 Å². The predicted molar refractivity (Wildman–Crippen MR) is 58.8 cm³/mol. The van der Waals surface area contributed by atoms with Gasteiger partial charge in [-0.15, -0.1) is 0 Å². The first-order valence-corrected chi connectivity index (χ1v) is 5.94. The molecule has 2 bridgehead atoms. The van der Waals surface area contributed by atoms with Crippen molar-refractivity contribution in [3.63, 3.8) is 0 Å². The molecule has 1 nitrogen and oxygen atoms in total. The van der Waals surface area contributed by atoms with Crippen molar-refractivity contribution < 1.29 is 4.74 Å². The summed E-state index contributed by atoms with van der Waals surface area (Å²) >= 11 is 2.65. The first kappa shape index (κ1) is 9.25. The summed E-state index contributed by atoms with van der Waals surface area (Å²) in [6.45, 7) is 0.950. The van der Waals surface area contributed by atoms with Crippen molar-refractivity contribution in [2.45, 2.75) is 41.9 Å². The molecule has 0 atom stereocenters. The Morgan fingerprint density at radius 3 is 2.42 bits per heavy atom. The van der Waals surface area contributed by atoms with Crippen LogP contribution in [0, 0.1) is 5.41 Å². The van der Waals surface area contributed by atoms with Gasteiger partial charge in [0, 0.05) is 17.1 Å². The number of rotatable bonds is 5. The minimum Gasteiger partial charge on any atom is -0.385 e. The smallest absolute Gasteiger partial charge is 0.0462 e. The molecule has 0 unspecified atom stereocenters. The third kappa shape index (κ3) is 1.52. The Morgan fingerprint density at radius 1 is 1.25 bits per heavy atom. The van der Waals surface area contributed by atoms with Gasteiger partial charge in [-0.1, -0.05) is 29.0 Å². The lowest BCUT2D eigenvalue weighted by molar-refractivity contribution is -0.0717. The molecule has 3 saturated carbocycles. The molecule has 3 fully saturated rings. The quantitative estimate of drug-likeness (QED) is 0.427. The molecule has 0 aromatic heterocycles. The molecule has 3 rings (SSSR count). The maximum Gasteiger partial charge on any atom is 0.0462 e. The van der Waals surface area contributed by atoms with E-state index in [1.54, 1.807) is 7.11 Å². The van der Waals surface area contributed by atoms with Crippen LogP contribution in [0.5, 0.6) is 0 Å². The van der Waals surface area contributed by atoms with Gasteiger partial charge in [0.25, 0.3) is 0 Å². The molecule has 0 spiro atoms. The van der Waals surface area contributed by atoms with E-state index in [4.69, 9.17) is 4.74 Å². The maximum absolute atomic E-state index is 5.04. The first-order valence-electron chi connectivity index (χ1n) is 4.86. The van der Waals surface area contributed by atoms with Gasteiger partial charge < -0.3 is 4.74 Å². The minimum atomic E-state index is 0.763. The zero-order valence-corrected chi connectivity index (χ0v) is 9.89. The number of methoxy groups -OCH3 is 1. The molecule has 70 valence electrons. The highest BCUT2D eigenvalue weighted by atomic mass is 127. The highest BCUT2D eigenvalue weighted by Crippen LogP contribution is 2.73. The summed E-state index contributed by atoms with van der Waals surface area (Å²) < 4.78 is 5.80. The molecule has 0 aliphatic heterocycles. The van der Waals surface area contributed by atoms with Gasteiger partial charge in [-0.25, -0.2) is 0 Å². The van der Waals surface area contributed by atoms with Crippen molar-refractivity contribution in [2.24, 2.45) is 5.41 Å². The van der Waals surface area contributed by atoms with E-state index in [9.17, 15) is 0 Å². The average molecular weight is 280 g/mol. The van der Waals surface area contributed by atoms with Gasteiger partial charge in [0.15, 0.2) is 0 Å². The van der Waals surface area contributed by atoms with Crippen LogP contribution >= 0.6 is 22.6 Å². The van der Waals surface area contributed by atoms with E-state index in [0.717, 1.165) is 15.4 Å². The summed E-state index contributed by atoms with van der Waals surface area (Å²) in [6, 6.07) is 0. The second kappa shape index (κ2) is 3.12. The largest absolute Gasteiger partial charge is 0.385 e. The molecule has 0 N–H and O–H groups in total. The van der Waals surface area contributed by atoms with Crippen LogP contribution in [-0.2, 0) is 4.74 Å². The number of alkyl halides is 1. The standard InChI is InChI=1S/C10H17IO/c1-12-5-3-2-4-9-6-10(11,7-9)8-9/h2-8H2,1H3. The van der Waals surface area contributed by atoms with Gasteiger partial charge in [-0.05, 0) is 37.5 Å². The predicted octanol–water partition coefficient (Wildman–Crippen LogP) is 3.16. The van der Waals surface area contributed by atoms with E-state index in [0.29, 0.717) is 0 Å². The molecule has 0 amide bonds. The third-order valence-corrected chi connectivity index (χ3v) is 4.53. The number of hydrogen-bond acceptors (Lipinski definition) is 1. The van der Waals surface area contributed by atoms with Crippen molar-refractivity contribution in [2.75, 3.05) is 13.7 Å². The van der Waals surface area contributed by atoms with Gasteiger partial charge in [-0.2, -0.15) is 0 Å². The van der Waals surface area contributed by atoms with E-state index in [-0.39, 0.29) is 0 Å². The van der Waals surface area contributed by atoms with Crippen LogP contribution in [0.25, 0.3) is 0 Å². The number of hydrogen-bond donors (Lipinski definition) is 0. The fourth-order valence-electron chi connectivity index (χ4n) is 2.87. The highest BCUT2D eigenvalue weighted by molar-refractivity contribution is 14.1. The Morgan fingerprint density at radius 2 is 1.92 bits per heavy atom. The van der Waals surface area contributed by atoms with Crippen molar-refractivity contribution >= 4 is 22.6 Å². The summed E-state index contributed by atoms with van der Waals surface area (Å²) in [7, 11) is 1.79. The first-order chi connectivity index (χ1) is 5.68. The fourth-order valence-corrected chi connectivity index (χ4v) is 5.30. The molecule has 0 heterocycles. The van der Waals surface area contributed by atoms with Crippen LogP contribution < -0.4 is 0 Å². The summed E-state index contributed by atoms with van der Waals surface area (Å²) in [4.78, 5) is 0. The fraction of sp³-hybridized carbons (Fsp3) is 1.00. The number of ether oxygens (including phenoxy) is 1. The minimum absolute atomic E-state index is 0.763. The van der Waals surface area contributed by atoms with Crippen molar-refractivity contribution in [3.8, 4) is 0 Å². The van der Waals surface area contributed by atoms with Gasteiger partial charge in [0.05, 0.1) is 0 Å². The molecule has 0 aromatic carbocycles. The van der Waals surface area contributed by atoms with Gasteiger partial charge in [0.2, 0.25) is 0 Å². The van der Waals surface area contributed by atoms with E-state index in [1.807, 2.05) is 0 Å². The summed E-state index contributed by atoms with van der Waals surface area (Å²) in [6.07, 6.45) is 8.61.